The highest BCUT2D eigenvalue weighted by molar-refractivity contribution is 5.08. The summed E-state index contributed by atoms with van der Waals surface area (Å²) in [5.41, 5.74) is 1.19. The maximum absolute atomic E-state index is 2.94. The van der Waals surface area contributed by atoms with Gasteiger partial charge in [-0.05, 0) is 62.7 Å². The lowest BCUT2D eigenvalue weighted by Gasteiger charge is -2.53. The Morgan fingerprint density at radius 2 is 1.52 bits per heavy atom. The summed E-state index contributed by atoms with van der Waals surface area (Å²) in [7, 11) is 0. The summed E-state index contributed by atoms with van der Waals surface area (Å²) >= 11 is 0. The molecule has 0 aromatic heterocycles. The third kappa shape index (κ3) is 3.05. The molecule has 1 aliphatic heterocycles. The van der Waals surface area contributed by atoms with E-state index in [4.69, 9.17) is 0 Å². The van der Waals surface area contributed by atoms with E-state index in [0.29, 0.717) is 22.4 Å². The largest absolute Gasteiger partial charge is 0.291 e. The van der Waals surface area contributed by atoms with Crippen LogP contribution in [0.5, 0.6) is 0 Å². The maximum Gasteiger partial charge on any atom is 0.0165 e. The molecule has 1 heterocycles. The van der Waals surface area contributed by atoms with E-state index in [1.54, 1.807) is 0 Å². The van der Waals surface area contributed by atoms with E-state index in [1.807, 2.05) is 0 Å². The van der Waals surface area contributed by atoms with Crippen molar-refractivity contribution in [3.8, 4) is 0 Å². The van der Waals surface area contributed by atoms with Gasteiger partial charge in [0, 0.05) is 17.6 Å². The lowest BCUT2D eigenvalue weighted by atomic mass is 9.65. The molecular weight excluding hydrogens is 254 g/mol. The molecule has 1 heteroatoms. The Hall–Kier alpha value is -0.0400. The Morgan fingerprint density at radius 1 is 0.952 bits per heavy atom. The van der Waals surface area contributed by atoms with Crippen molar-refractivity contribution in [1.82, 2.24) is 4.90 Å². The predicted molar refractivity (Wildman–Crippen MR) is 93.5 cm³/mol. The zero-order valence-corrected chi connectivity index (χ0v) is 16.1. The molecule has 3 unspecified atom stereocenters. The fourth-order valence-corrected chi connectivity index (χ4v) is 5.73. The summed E-state index contributed by atoms with van der Waals surface area (Å²) in [6.07, 6.45) is 5.57. The van der Waals surface area contributed by atoms with Gasteiger partial charge >= 0.3 is 0 Å². The van der Waals surface area contributed by atoms with E-state index in [-0.39, 0.29) is 0 Å². The van der Waals surface area contributed by atoms with Crippen LogP contribution in [-0.4, -0.2) is 22.5 Å². The number of likely N-dealkylation sites (tertiary alicyclic amines) is 1. The zero-order valence-electron chi connectivity index (χ0n) is 16.1. The van der Waals surface area contributed by atoms with E-state index >= 15 is 0 Å². The first kappa shape index (κ1) is 17.3. The molecule has 2 fully saturated rings. The Bertz CT molecular complexity index is 374. The van der Waals surface area contributed by atoms with Crippen molar-refractivity contribution in [2.75, 3.05) is 0 Å². The molecular formula is C20H39N. The predicted octanol–water partition coefficient (Wildman–Crippen LogP) is 5.74. The smallest absolute Gasteiger partial charge is 0.0165 e. The monoisotopic (exact) mass is 293 g/mol. The Balaban J connectivity index is 2.40. The number of rotatable bonds is 1. The van der Waals surface area contributed by atoms with Crippen molar-refractivity contribution in [2.45, 2.75) is 106 Å². The molecule has 0 N–H and O–H groups in total. The van der Waals surface area contributed by atoms with E-state index < -0.39 is 0 Å². The van der Waals surface area contributed by atoms with Gasteiger partial charge in [-0.1, -0.05) is 48.0 Å². The fourth-order valence-electron chi connectivity index (χ4n) is 5.73. The molecule has 1 aliphatic carbocycles. The molecule has 1 saturated heterocycles. The minimum absolute atomic E-state index is 0.336. The van der Waals surface area contributed by atoms with Gasteiger partial charge in [0.15, 0.2) is 0 Å². The molecule has 0 aromatic rings. The van der Waals surface area contributed by atoms with Crippen LogP contribution in [0.4, 0.5) is 0 Å². The van der Waals surface area contributed by atoms with Crippen LogP contribution in [0, 0.1) is 22.7 Å². The SMILES string of the molecule is CC1CCCC(C(C)(C)C)[C@@H]1N1C(C)C(C)(C)CC1(C)C. The summed E-state index contributed by atoms with van der Waals surface area (Å²) in [4.78, 5) is 2.94. The lowest BCUT2D eigenvalue weighted by Crippen LogP contribution is -2.58. The Labute approximate surface area is 133 Å². The lowest BCUT2D eigenvalue weighted by molar-refractivity contribution is -0.0441. The molecule has 2 aliphatic rings. The third-order valence-electron chi connectivity index (χ3n) is 6.74. The van der Waals surface area contributed by atoms with Crippen LogP contribution in [0.3, 0.4) is 0 Å². The van der Waals surface area contributed by atoms with E-state index in [1.165, 1.54) is 25.7 Å². The minimum Gasteiger partial charge on any atom is -0.291 e. The molecule has 2 rings (SSSR count). The van der Waals surface area contributed by atoms with Gasteiger partial charge in [-0.2, -0.15) is 0 Å². The average Bonchev–Trinajstić information content (AvgIpc) is 2.43. The van der Waals surface area contributed by atoms with Crippen molar-refractivity contribution in [1.29, 1.82) is 0 Å². The first-order chi connectivity index (χ1) is 9.38. The third-order valence-corrected chi connectivity index (χ3v) is 6.74. The van der Waals surface area contributed by atoms with Crippen LogP contribution < -0.4 is 0 Å². The van der Waals surface area contributed by atoms with Crippen molar-refractivity contribution < 1.29 is 0 Å². The molecule has 1 saturated carbocycles. The highest BCUT2D eigenvalue weighted by Crippen LogP contribution is 2.53. The van der Waals surface area contributed by atoms with Crippen LogP contribution in [0.2, 0.25) is 0 Å². The van der Waals surface area contributed by atoms with Gasteiger partial charge in [-0.25, -0.2) is 0 Å². The quantitative estimate of drug-likeness (QED) is 0.596. The first-order valence-electron chi connectivity index (χ1n) is 9.16. The average molecular weight is 294 g/mol. The molecule has 0 aromatic carbocycles. The standard InChI is InChI=1S/C20H39N/c1-14-11-10-12-16(18(3,4)5)17(14)21-15(2)19(6,7)13-20(21,8)9/h14-17H,10-13H2,1-9H3/t14?,15?,16?,17-/m1/s1. The van der Waals surface area contributed by atoms with Gasteiger partial charge in [0.25, 0.3) is 0 Å². The zero-order chi connectivity index (χ0) is 16.2. The second-order valence-electron chi connectivity index (χ2n) is 10.4. The summed E-state index contributed by atoms with van der Waals surface area (Å²) in [5.74, 6) is 1.66. The van der Waals surface area contributed by atoms with Gasteiger partial charge in [0.2, 0.25) is 0 Å². The van der Waals surface area contributed by atoms with Gasteiger partial charge in [-0.15, -0.1) is 0 Å². The number of hydrogen-bond acceptors (Lipinski definition) is 1. The van der Waals surface area contributed by atoms with Crippen molar-refractivity contribution >= 4 is 0 Å². The molecule has 0 bridgehead atoms. The summed E-state index contributed by atoms with van der Waals surface area (Å²) in [5, 5.41) is 0. The Kier molecular flexibility index (Phi) is 4.33. The maximum atomic E-state index is 2.94. The summed E-state index contributed by atoms with van der Waals surface area (Å²) < 4.78 is 0. The highest BCUT2D eigenvalue weighted by atomic mass is 15.3. The van der Waals surface area contributed by atoms with Crippen LogP contribution in [0.1, 0.15) is 88.0 Å². The van der Waals surface area contributed by atoms with Gasteiger partial charge in [0.1, 0.15) is 0 Å². The van der Waals surface area contributed by atoms with Crippen LogP contribution in [0.15, 0.2) is 0 Å². The van der Waals surface area contributed by atoms with Gasteiger partial charge in [0.05, 0.1) is 0 Å². The van der Waals surface area contributed by atoms with E-state index in [2.05, 4.69) is 67.2 Å². The molecule has 4 atom stereocenters. The molecule has 1 nitrogen and oxygen atoms in total. The van der Waals surface area contributed by atoms with E-state index in [9.17, 15) is 0 Å². The summed E-state index contributed by atoms with van der Waals surface area (Å²) in [6, 6.07) is 1.44. The minimum atomic E-state index is 0.336. The molecule has 0 radical (unpaired) electrons. The second-order valence-corrected chi connectivity index (χ2v) is 10.4. The van der Waals surface area contributed by atoms with Crippen molar-refractivity contribution in [2.24, 2.45) is 22.7 Å². The summed E-state index contributed by atoms with van der Waals surface area (Å²) in [6.45, 7) is 22.3. The Morgan fingerprint density at radius 3 is 1.95 bits per heavy atom. The fraction of sp³-hybridized carbons (Fsp3) is 1.00. The first-order valence-corrected chi connectivity index (χ1v) is 9.16. The molecule has 124 valence electrons. The molecule has 0 amide bonds. The highest BCUT2D eigenvalue weighted by Gasteiger charge is 2.54. The normalized spacial score (nSPS) is 40.4. The van der Waals surface area contributed by atoms with Gasteiger partial charge in [-0.3, -0.25) is 4.90 Å². The van der Waals surface area contributed by atoms with Crippen LogP contribution in [0.25, 0.3) is 0 Å². The van der Waals surface area contributed by atoms with E-state index in [0.717, 1.165) is 17.9 Å². The van der Waals surface area contributed by atoms with Gasteiger partial charge < -0.3 is 0 Å². The van der Waals surface area contributed by atoms with Crippen LogP contribution in [-0.2, 0) is 0 Å². The van der Waals surface area contributed by atoms with Crippen molar-refractivity contribution in [3.05, 3.63) is 0 Å². The topological polar surface area (TPSA) is 3.24 Å². The number of hydrogen-bond donors (Lipinski definition) is 0. The van der Waals surface area contributed by atoms with Crippen molar-refractivity contribution in [3.63, 3.8) is 0 Å². The number of nitrogens with zero attached hydrogens (tertiary/aromatic N) is 1. The van der Waals surface area contributed by atoms with Crippen LogP contribution >= 0.6 is 0 Å². The second kappa shape index (κ2) is 5.25. The molecule has 0 spiro atoms. The molecule has 21 heavy (non-hydrogen) atoms.